The van der Waals surface area contributed by atoms with Crippen LogP contribution in [-0.4, -0.2) is 40.0 Å². The van der Waals surface area contributed by atoms with Crippen LogP contribution in [0.1, 0.15) is 29.7 Å². The fourth-order valence-electron chi connectivity index (χ4n) is 4.35. The molecule has 3 amide bonds. The standard InChI is InChI=1S/C21H24N4O3/c1-14-5-6-17(26)15(12-14)13-25-10-7-16(8-11-25)21(18-4-2-3-9-22-18)19(27)23-20(28)24-21/h2-6,9,12,16,26H,7-8,10-11,13H2,1H3,(H2,23,24,27,28)/t21-/m0/s1. The Labute approximate surface area is 163 Å². The third-order valence-electron chi connectivity index (χ3n) is 5.79. The number of aromatic nitrogens is 1. The van der Waals surface area contributed by atoms with Gasteiger partial charge in [-0.1, -0.05) is 23.8 Å². The summed E-state index contributed by atoms with van der Waals surface area (Å²) in [6, 6.07) is 10.6. The van der Waals surface area contributed by atoms with Crippen LogP contribution >= 0.6 is 0 Å². The highest BCUT2D eigenvalue weighted by atomic mass is 16.3. The number of nitrogens with zero attached hydrogens (tertiary/aromatic N) is 2. The van der Waals surface area contributed by atoms with Gasteiger partial charge < -0.3 is 10.4 Å². The molecule has 2 aromatic rings. The molecule has 2 aliphatic heterocycles. The molecule has 2 saturated heterocycles. The predicted molar refractivity (Wildman–Crippen MR) is 103 cm³/mol. The number of nitrogens with one attached hydrogen (secondary N) is 2. The molecule has 1 aromatic heterocycles. The van der Waals surface area contributed by atoms with Crippen LogP contribution in [0.5, 0.6) is 5.75 Å². The lowest BCUT2D eigenvalue weighted by atomic mass is 9.75. The van der Waals surface area contributed by atoms with E-state index in [0.29, 0.717) is 18.0 Å². The van der Waals surface area contributed by atoms with Gasteiger partial charge in [0, 0.05) is 18.3 Å². The zero-order valence-corrected chi connectivity index (χ0v) is 15.8. The Hall–Kier alpha value is -2.93. The van der Waals surface area contributed by atoms with E-state index in [-0.39, 0.29) is 11.8 Å². The van der Waals surface area contributed by atoms with Gasteiger partial charge >= 0.3 is 6.03 Å². The molecule has 0 radical (unpaired) electrons. The summed E-state index contributed by atoms with van der Waals surface area (Å²) in [6.07, 6.45) is 3.14. The number of hydrogen-bond donors (Lipinski definition) is 3. The minimum atomic E-state index is -1.12. The molecule has 1 aromatic carbocycles. The number of rotatable bonds is 4. The molecule has 2 aliphatic rings. The first kappa shape index (κ1) is 18.4. The average molecular weight is 380 g/mol. The van der Waals surface area contributed by atoms with E-state index in [1.165, 1.54) is 0 Å². The van der Waals surface area contributed by atoms with Gasteiger partial charge in [-0.3, -0.25) is 20.0 Å². The summed E-state index contributed by atoms with van der Waals surface area (Å²) >= 11 is 0. The highest BCUT2D eigenvalue weighted by molar-refractivity contribution is 6.07. The maximum atomic E-state index is 12.8. The first-order chi connectivity index (χ1) is 13.5. The van der Waals surface area contributed by atoms with Crippen LogP contribution in [0.2, 0.25) is 0 Å². The lowest BCUT2D eigenvalue weighted by molar-refractivity contribution is -0.127. The minimum absolute atomic E-state index is 0.0452. The molecular weight excluding hydrogens is 356 g/mol. The number of amides is 3. The van der Waals surface area contributed by atoms with Gasteiger partial charge in [-0.25, -0.2) is 4.79 Å². The van der Waals surface area contributed by atoms with Crippen molar-refractivity contribution in [3.63, 3.8) is 0 Å². The van der Waals surface area contributed by atoms with Crippen LogP contribution < -0.4 is 10.6 Å². The Bertz CT molecular complexity index is 894. The Morgan fingerprint density at radius 3 is 2.64 bits per heavy atom. The number of phenolic OH excluding ortho intramolecular Hbond substituents is 1. The maximum Gasteiger partial charge on any atom is 0.322 e. The topological polar surface area (TPSA) is 94.6 Å². The number of likely N-dealkylation sites (tertiary alicyclic amines) is 1. The normalized spacial score (nSPS) is 23.5. The number of hydrogen-bond acceptors (Lipinski definition) is 5. The van der Waals surface area contributed by atoms with E-state index in [0.717, 1.165) is 37.1 Å². The van der Waals surface area contributed by atoms with Gasteiger partial charge in [-0.2, -0.15) is 0 Å². The molecule has 146 valence electrons. The highest BCUT2D eigenvalue weighted by Crippen LogP contribution is 2.38. The number of imide groups is 1. The van der Waals surface area contributed by atoms with Crippen molar-refractivity contribution in [3.8, 4) is 5.75 Å². The molecule has 3 heterocycles. The molecule has 4 rings (SSSR count). The number of urea groups is 1. The minimum Gasteiger partial charge on any atom is -0.508 e. The van der Waals surface area contributed by atoms with Gasteiger partial charge in [0.05, 0.1) is 5.69 Å². The smallest absolute Gasteiger partial charge is 0.322 e. The number of pyridine rings is 1. The highest BCUT2D eigenvalue weighted by Gasteiger charge is 2.54. The second-order valence-electron chi connectivity index (χ2n) is 7.61. The summed E-state index contributed by atoms with van der Waals surface area (Å²) in [5.74, 6) is -0.0673. The van der Waals surface area contributed by atoms with Crippen molar-refractivity contribution in [2.45, 2.75) is 31.8 Å². The summed E-state index contributed by atoms with van der Waals surface area (Å²) in [6.45, 7) is 4.22. The van der Waals surface area contributed by atoms with Crippen LogP contribution in [0.4, 0.5) is 4.79 Å². The number of carbonyl (C=O) groups excluding carboxylic acids is 2. The molecule has 0 saturated carbocycles. The van der Waals surface area contributed by atoms with E-state index in [1.54, 1.807) is 24.4 Å². The Balaban J connectivity index is 1.52. The van der Waals surface area contributed by atoms with Crippen molar-refractivity contribution in [1.82, 2.24) is 20.5 Å². The van der Waals surface area contributed by atoms with E-state index in [1.807, 2.05) is 25.1 Å². The lowest BCUT2D eigenvalue weighted by Gasteiger charge is -2.40. The van der Waals surface area contributed by atoms with Crippen molar-refractivity contribution in [1.29, 1.82) is 0 Å². The van der Waals surface area contributed by atoms with Crippen molar-refractivity contribution in [2.24, 2.45) is 5.92 Å². The molecule has 1 atom stereocenters. The fraction of sp³-hybridized carbons (Fsp3) is 0.381. The van der Waals surface area contributed by atoms with Gasteiger partial charge in [0.1, 0.15) is 5.75 Å². The van der Waals surface area contributed by atoms with Crippen molar-refractivity contribution in [3.05, 3.63) is 59.4 Å². The quantitative estimate of drug-likeness (QED) is 0.706. The Morgan fingerprint density at radius 1 is 1.21 bits per heavy atom. The summed E-state index contributed by atoms with van der Waals surface area (Å²) in [5, 5.41) is 15.4. The summed E-state index contributed by atoms with van der Waals surface area (Å²) in [7, 11) is 0. The SMILES string of the molecule is Cc1ccc(O)c(CN2CCC([C@@]3(c4ccccn4)NC(=O)NC3=O)CC2)c1. The van der Waals surface area contributed by atoms with E-state index >= 15 is 0 Å². The molecule has 0 aliphatic carbocycles. The monoisotopic (exact) mass is 380 g/mol. The number of carbonyl (C=O) groups is 2. The van der Waals surface area contributed by atoms with Gasteiger partial charge in [0.25, 0.3) is 5.91 Å². The molecular formula is C21H24N4O3. The van der Waals surface area contributed by atoms with Gasteiger partial charge in [0.2, 0.25) is 0 Å². The average Bonchev–Trinajstić information content (AvgIpc) is 3.01. The predicted octanol–water partition coefficient (Wildman–Crippen LogP) is 2.04. The molecule has 7 nitrogen and oxygen atoms in total. The summed E-state index contributed by atoms with van der Waals surface area (Å²) < 4.78 is 0. The van der Waals surface area contributed by atoms with Crippen molar-refractivity contribution >= 4 is 11.9 Å². The van der Waals surface area contributed by atoms with E-state index in [9.17, 15) is 14.7 Å². The number of aryl methyl sites for hydroxylation is 1. The van der Waals surface area contributed by atoms with Gasteiger partial charge in [-0.05, 0) is 57.0 Å². The molecule has 0 bridgehead atoms. The van der Waals surface area contributed by atoms with Gasteiger partial charge in [0.15, 0.2) is 5.54 Å². The molecule has 3 N–H and O–H groups in total. The zero-order chi connectivity index (χ0) is 19.7. The van der Waals surface area contributed by atoms with Crippen molar-refractivity contribution in [2.75, 3.05) is 13.1 Å². The fourth-order valence-corrected chi connectivity index (χ4v) is 4.35. The van der Waals surface area contributed by atoms with Crippen molar-refractivity contribution < 1.29 is 14.7 Å². The summed E-state index contributed by atoms with van der Waals surface area (Å²) in [5.41, 5.74) is 1.48. The van der Waals surface area contributed by atoms with Crippen LogP contribution in [0.3, 0.4) is 0 Å². The second kappa shape index (κ2) is 7.24. The van der Waals surface area contributed by atoms with Crippen LogP contribution in [0.15, 0.2) is 42.6 Å². The zero-order valence-electron chi connectivity index (χ0n) is 15.8. The number of piperidine rings is 1. The third kappa shape index (κ3) is 3.22. The Kier molecular flexibility index (Phi) is 4.77. The first-order valence-corrected chi connectivity index (χ1v) is 9.55. The lowest BCUT2D eigenvalue weighted by Crippen LogP contribution is -2.53. The first-order valence-electron chi connectivity index (χ1n) is 9.55. The second-order valence-corrected chi connectivity index (χ2v) is 7.61. The van der Waals surface area contributed by atoms with Crippen LogP contribution in [0.25, 0.3) is 0 Å². The van der Waals surface area contributed by atoms with Crippen LogP contribution in [-0.2, 0) is 16.9 Å². The molecule has 28 heavy (non-hydrogen) atoms. The third-order valence-corrected chi connectivity index (χ3v) is 5.79. The van der Waals surface area contributed by atoms with E-state index in [2.05, 4.69) is 20.5 Å². The largest absolute Gasteiger partial charge is 0.508 e. The van der Waals surface area contributed by atoms with E-state index in [4.69, 9.17) is 0 Å². The van der Waals surface area contributed by atoms with E-state index < -0.39 is 11.6 Å². The number of phenols is 1. The molecule has 0 spiro atoms. The number of benzene rings is 1. The molecule has 2 fully saturated rings. The summed E-state index contributed by atoms with van der Waals surface area (Å²) in [4.78, 5) is 31.4. The molecule has 0 unspecified atom stereocenters. The van der Waals surface area contributed by atoms with Gasteiger partial charge in [-0.15, -0.1) is 0 Å². The Morgan fingerprint density at radius 2 is 2.00 bits per heavy atom. The maximum absolute atomic E-state index is 12.8. The number of aromatic hydroxyl groups is 1. The molecule has 7 heteroatoms. The van der Waals surface area contributed by atoms with Crippen LogP contribution in [0, 0.1) is 12.8 Å².